The third-order valence-electron chi connectivity index (χ3n) is 8.73. The van der Waals surface area contributed by atoms with Gasteiger partial charge in [0.25, 0.3) is 0 Å². The van der Waals surface area contributed by atoms with Crippen LogP contribution in [0.2, 0.25) is 0 Å². The largest absolute Gasteiger partial charge is 0.432 e. The van der Waals surface area contributed by atoms with E-state index < -0.39 is 12.0 Å². The zero-order valence-corrected chi connectivity index (χ0v) is 18.9. The molecule has 0 spiro atoms. The Labute approximate surface area is 182 Å². The lowest BCUT2D eigenvalue weighted by molar-refractivity contribution is -0.224. The molecular weight excluding hydrogens is 378 g/mol. The van der Waals surface area contributed by atoms with Gasteiger partial charge in [-0.3, -0.25) is 0 Å². The molecule has 3 saturated carbocycles. The minimum Gasteiger partial charge on any atom is -0.432 e. The molecule has 3 heteroatoms. The topological polar surface area (TPSA) is 9.23 Å². The lowest BCUT2D eigenvalue weighted by atomic mass is 9.65. The highest BCUT2D eigenvalue weighted by Gasteiger charge is 2.45. The van der Waals surface area contributed by atoms with E-state index in [9.17, 15) is 8.78 Å². The van der Waals surface area contributed by atoms with Gasteiger partial charge in [-0.25, -0.2) is 0 Å². The minimum atomic E-state index is -3.06. The summed E-state index contributed by atoms with van der Waals surface area (Å²) in [5.41, 5.74) is 1.05. The minimum absolute atomic E-state index is 0.281. The molecule has 0 unspecified atom stereocenters. The maximum Gasteiger partial charge on any atom is 0.400 e. The van der Waals surface area contributed by atoms with Crippen molar-refractivity contribution in [1.82, 2.24) is 0 Å². The van der Waals surface area contributed by atoms with Gasteiger partial charge in [0, 0.05) is 0 Å². The van der Waals surface area contributed by atoms with Crippen molar-refractivity contribution in [2.24, 2.45) is 35.5 Å². The Balaban J connectivity index is 1.22. The van der Waals surface area contributed by atoms with Gasteiger partial charge in [-0.05, 0) is 113 Å². The molecule has 0 amide bonds. The molecule has 0 heterocycles. The summed E-state index contributed by atoms with van der Waals surface area (Å²) in [4.78, 5) is 0. The normalized spacial score (nSPS) is 35.7. The molecule has 4 rings (SSSR count). The van der Waals surface area contributed by atoms with Crippen molar-refractivity contribution < 1.29 is 13.5 Å². The quantitative estimate of drug-likeness (QED) is 0.466. The molecule has 30 heavy (non-hydrogen) atoms. The van der Waals surface area contributed by atoms with Gasteiger partial charge in [0.2, 0.25) is 0 Å². The van der Waals surface area contributed by atoms with E-state index in [1.807, 2.05) is 19.1 Å². The maximum absolute atomic E-state index is 14.7. The van der Waals surface area contributed by atoms with Crippen LogP contribution in [0.3, 0.4) is 0 Å². The van der Waals surface area contributed by atoms with Crippen molar-refractivity contribution in [3.63, 3.8) is 0 Å². The zero-order chi connectivity index (χ0) is 21.1. The summed E-state index contributed by atoms with van der Waals surface area (Å²) in [6, 6.07) is 6.96. The van der Waals surface area contributed by atoms with E-state index in [0.29, 0.717) is 18.8 Å². The molecule has 0 atom stereocenters. The standard InChI is InChI=1S/C27H40F2O/c1-19-3-7-21(8-4-19)22-9-11-23(12-10-22)24-13-15-25(16-14-24)27(28,29)30-26-17-5-20(2)6-18-26/h5-6,17-19,21-25H,3-4,7-16H2,1-2H3. The SMILES string of the molecule is Cc1ccc(OC(F)(F)C2CCC(C3CCC(C4CCC(C)CC4)CC3)CC2)cc1. The summed E-state index contributed by atoms with van der Waals surface area (Å²) in [7, 11) is 0. The number of halogens is 2. The third-order valence-corrected chi connectivity index (χ3v) is 8.73. The highest BCUT2D eigenvalue weighted by molar-refractivity contribution is 5.26. The third kappa shape index (κ3) is 5.37. The first kappa shape index (κ1) is 22.1. The van der Waals surface area contributed by atoms with Crippen molar-refractivity contribution >= 4 is 0 Å². The van der Waals surface area contributed by atoms with Crippen molar-refractivity contribution in [3.8, 4) is 5.75 Å². The van der Waals surface area contributed by atoms with Gasteiger partial charge < -0.3 is 4.74 Å². The van der Waals surface area contributed by atoms with E-state index >= 15 is 0 Å². The Hall–Kier alpha value is -1.12. The molecule has 1 nitrogen and oxygen atoms in total. The van der Waals surface area contributed by atoms with Crippen LogP contribution in [0.4, 0.5) is 8.78 Å². The molecule has 0 aliphatic heterocycles. The monoisotopic (exact) mass is 418 g/mol. The van der Waals surface area contributed by atoms with E-state index in [-0.39, 0.29) is 5.75 Å². The number of alkyl halides is 2. The van der Waals surface area contributed by atoms with Crippen molar-refractivity contribution in [3.05, 3.63) is 29.8 Å². The van der Waals surface area contributed by atoms with Crippen LogP contribution in [0.15, 0.2) is 24.3 Å². The number of hydrogen-bond donors (Lipinski definition) is 0. The summed E-state index contributed by atoms with van der Waals surface area (Å²) < 4.78 is 34.6. The molecule has 0 aromatic heterocycles. The van der Waals surface area contributed by atoms with Crippen LogP contribution >= 0.6 is 0 Å². The highest BCUT2D eigenvalue weighted by Crippen LogP contribution is 2.47. The van der Waals surface area contributed by atoms with Crippen molar-refractivity contribution in [1.29, 1.82) is 0 Å². The number of hydrogen-bond acceptors (Lipinski definition) is 1. The average Bonchev–Trinajstić information content (AvgIpc) is 2.76. The van der Waals surface area contributed by atoms with E-state index in [4.69, 9.17) is 4.74 Å². The molecule has 1 aromatic rings. The summed E-state index contributed by atoms with van der Waals surface area (Å²) in [5.74, 6) is 3.91. The maximum atomic E-state index is 14.7. The van der Waals surface area contributed by atoms with Gasteiger partial charge in [-0.2, -0.15) is 8.78 Å². The second kappa shape index (κ2) is 9.57. The van der Waals surface area contributed by atoms with Crippen LogP contribution in [-0.2, 0) is 0 Å². The van der Waals surface area contributed by atoms with Gasteiger partial charge in [0.1, 0.15) is 5.75 Å². The molecule has 168 valence electrons. The van der Waals surface area contributed by atoms with Crippen LogP contribution < -0.4 is 4.74 Å². The molecular formula is C27H40F2O. The molecule has 3 fully saturated rings. The van der Waals surface area contributed by atoms with Gasteiger partial charge in [0.15, 0.2) is 0 Å². The fraction of sp³-hybridized carbons (Fsp3) is 0.778. The first-order valence-corrected chi connectivity index (χ1v) is 12.5. The van der Waals surface area contributed by atoms with Gasteiger partial charge >= 0.3 is 6.11 Å². The Bertz CT molecular complexity index is 646. The predicted octanol–water partition coefficient (Wildman–Crippen LogP) is 8.41. The van der Waals surface area contributed by atoms with Crippen LogP contribution in [0, 0.1) is 42.4 Å². The predicted molar refractivity (Wildman–Crippen MR) is 119 cm³/mol. The Morgan fingerprint density at radius 3 is 1.53 bits per heavy atom. The van der Waals surface area contributed by atoms with Crippen LogP contribution in [0.25, 0.3) is 0 Å². The van der Waals surface area contributed by atoms with E-state index in [2.05, 4.69) is 6.92 Å². The summed E-state index contributed by atoms with van der Waals surface area (Å²) in [5, 5.41) is 0. The number of ether oxygens (including phenoxy) is 1. The fourth-order valence-corrected chi connectivity index (χ4v) is 6.62. The van der Waals surface area contributed by atoms with E-state index in [0.717, 1.165) is 42.1 Å². The molecule has 0 saturated heterocycles. The lowest BCUT2D eigenvalue weighted by Crippen LogP contribution is -2.38. The molecule has 0 bridgehead atoms. The van der Waals surface area contributed by atoms with Crippen molar-refractivity contribution in [2.45, 2.75) is 97.0 Å². The first-order valence-electron chi connectivity index (χ1n) is 12.5. The fourth-order valence-electron chi connectivity index (χ4n) is 6.62. The van der Waals surface area contributed by atoms with E-state index in [1.165, 1.54) is 51.4 Å². The molecule has 0 N–H and O–H groups in total. The molecule has 3 aliphatic rings. The van der Waals surface area contributed by atoms with Gasteiger partial charge in [-0.15, -0.1) is 0 Å². The lowest BCUT2D eigenvalue weighted by Gasteiger charge is -2.41. The summed E-state index contributed by atoms with van der Waals surface area (Å²) in [6.45, 7) is 4.35. The zero-order valence-electron chi connectivity index (χ0n) is 18.9. The van der Waals surface area contributed by atoms with Crippen LogP contribution in [0.5, 0.6) is 5.75 Å². The Morgan fingerprint density at radius 1 is 0.667 bits per heavy atom. The summed E-state index contributed by atoms with van der Waals surface area (Å²) >= 11 is 0. The second-order valence-corrected chi connectivity index (χ2v) is 10.8. The van der Waals surface area contributed by atoms with Gasteiger partial charge in [-0.1, -0.05) is 37.5 Å². The highest BCUT2D eigenvalue weighted by atomic mass is 19.3. The molecule has 1 aromatic carbocycles. The molecule has 0 radical (unpaired) electrons. The number of aryl methyl sites for hydroxylation is 1. The number of benzene rings is 1. The van der Waals surface area contributed by atoms with E-state index in [1.54, 1.807) is 12.1 Å². The average molecular weight is 419 g/mol. The second-order valence-electron chi connectivity index (χ2n) is 10.8. The number of rotatable bonds is 5. The van der Waals surface area contributed by atoms with Crippen LogP contribution in [-0.4, -0.2) is 6.11 Å². The molecule has 3 aliphatic carbocycles. The Kier molecular flexibility index (Phi) is 7.05. The smallest absolute Gasteiger partial charge is 0.400 e. The van der Waals surface area contributed by atoms with Crippen molar-refractivity contribution in [2.75, 3.05) is 0 Å². The first-order chi connectivity index (χ1) is 14.4. The van der Waals surface area contributed by atoms with Crippen LogP contribution in [0.1, 0.15) is 89.5 Å². The Morgan fingerprint density at radius 2 is 1.07 bits per heavy atom. The summed E-state index contributed by atoms with van der Waals surface area (Å²) in [6.07, 6.45) is 11.2. The van der Waals surface area contributed by atoms with Gasteiger partial charge in [0.05, 0.1) is 5.92 Å².